The Bertz CT molecular complexity index is 703. The van der Waals surface area contributed by atoms with E-state index in [1.54, 1.807) is 0 Å². The van der Waals surface area contributed by atoms with Crippen LogP contribution in [0.4, 0.5) is 11.4 Å². The molecule has 0 radical (unpaired) electrons. The van der Waals surface area contributed by atoms with Gasteiger partial charge in [0.05, 0.1) is 11.4 Å². The van der Waals surface area contributed by atoms with Gasteiger partial charge in [0, 0.05) is 18.7 Å². The average Bonchev–Trinajstić information content (AvgIpc) is 2.56. The van der Waals surface area contributed by atoms with Crippen molar-refractivity contribution in [3.05, 3.63) is 59.2 Å². The predicted octanol–water partition coefficient (Wildman–Crippen LogP) is 4.55. The molecular weight excluding hydrogens is 284 g/mol. The maximum atomic E-state index is 12.7. The van der Waals surface area contributed by atoms with Crippen molar-refractivity contribution in [2.24, 2.45) is 0 Å². The lowest BCUT2D eigenvalue weighted by Crippen LogP contribution is -2.30. The molecule has 0 aliphatic carbocycles. The van der Waals surface area contributed by atoms with Crippen LogP contribution in [-0.4, -0.2) is 19.0 Å². The van der Waals surface area contributed by atoms with E-state index in [2.05, 4.69) is 16.3 Å². The molecule has 0 bridgehead atoms. The second-order valence-electron chi connectivity index (χ2n) is 6.34. The zero-order chi connectivity index (χ0) is 16.2. The number of hydrogen-bond donors (Lipinski definition) is 1. The summed E-state index contributed by atoms with van der Waals surface area (Å²) in [7, 11) is 0. The fourth-order valence-corrected chi connectivity index (χ4v) is 3.25. The van der Waals surface area contributed by atoms with Gasteiger partial charge in [-0.25, -0.2) is 0 Å². The largest absolute Gasteiger partial charge is 0.370 e. The number of anilines is 2. The number of piperidine rings is 1. The highest BCUT2D eigenvalue weighted by atomic mass is 16.1. The molecule has 1 N–H and O–H groups in total. The van der Waals surface area contributed by atoms with Crippen LogP contribution in [0, 0.1) is 13.8 Å². The summed E-state index contributed by atoms with van der Waals surface area (Å²) >= 11 is 0. The van der Waals surface area contributed by atoms with Gasteiger partial charge in [0.25, 0.3) is 5.91 Å². The van der Waals surface area contributed by atoms with E-state index in [9.17, 15) is 4.79 Å². The number of rotatable bonds is 3. The van der Waals surface area contributed by atoms with Crippen LogP contribution in [0.25, 0.3) is 0 Å². The molecule has 0 aromatic heterocycles. The summed E-state index contributed by atoms with van der Waals surface area (Å²) < 4.78 is 0. The molecule has 1 aliphatic rings. The van der Waals surface area contributed by atoms with Gasteiger partial charge in [0.2, 0.25) is 0 Å². The van der Waals surface area contributed by atoms with Crippen molar-refractivity contribution < 1.29 is 4.79 Å². The van der Waals surface area contributed by atoms with Gasteiger partial charge in [-0.2, -0.15) is 0 Å². The van der Waals surface area contributed by atoms with Crippen molar-refractivity contribution in [1.29, 1.82) is 0 Å². The molecule has 1 amide bonds. The Balaban J connectivity index is 1.83. The number of hydrogen-bond acceptors (Lipinski definition) is 2. The summed E-state index contributed by atoms with van der Waals surface area (Å²) in [6.45, 7) is 6.16. The Hall–Kier alpha value is -2.29. The molecule has 120 valence electrons. The third-order valence-corrected chi connectivity index (χ3v) is 4.48. The van der Waals surface area contributed by atoms with Crippen molar-refractivity contribution in [2.45, 2.75) is 33.1 Å². The Labute approximate surface area is 138 Å². The van der Waals surface area contributed by atoms with Crippen molar-refractivity contribution >= 4 is 17.3 Å². The third kappa shape index (κ3) is 3.55. The maximum absolute atomic E-state index is 12.7. The molecule has 2 aromatic carbocycles. The van der Waals surface area contributed by atoms with E-state index < -0.39 is 0 Å². The molecule has 2 aromatic rings. The number of nitrogens with one attached hydrogen (secondary N) is 1. The first-order valence-corrected chi connectivity index (χ1v) is 8.38. The van der Waals surface area contributed by atoms with Crippen LogP contribution >= 0.6 is 0 Å². The average molecular weight is 308 g/mol. The molecule has 23 heavy (non-hydrogen) atoms. The molecular formula is C20H24N2O. The molecule has 3 nitrogen and oxygen atoms in total. The van der Waals surface area contributed by atoms with Gasteiger partial charge in [-0.15, -0.1) is 0 Å². The monoisotopic (exact) mass is 308 g/mol. The quantitative estimate of drug-likeness (QED) is 0.902. The van der Waals surface area contributed by atoms with E-state index >= 15 is 0 Å². The van der Waals surface area contributed by atoms with E-state index in [4.69, 9.17) is 0 Å². The summed E-state index contributed by atoms with van der Waals surface area (Å²) in [5.74, 6) is -0.0352. The lowest BCUT2D eigenvalue weighted by Gasteiger charge is -2.30. The first kappa shape index (κ1) is 15.6. The second-order valence-corrected chi connectivity index (χ2v) is 6.34. The summed E-state index contributed by atoms with van der Waals surface area (Å²) in [4.78, 5) is 15.0. The van der Waals surface area contributed by atoms with Gasteiger partial charge < -0.3 is 10.2 Å². The second kappa shape index (κ2) is 6.86. The molecule has 0 atom stereocenters. The Morgan fingerprint density at radius 1 is 1.00 bits per heavy atom. The minimum atomic E-state index is -0.0352. The van der Waals surface area contributed by atoms with Crippen LogP contribution in [0.5, 0.6) is 0 Å². The van der Waals surface area contributed by atoms with Crippen LogP contribution in [0.3, 0.4) is 0 Å². The van der Waals surface area contributed by atoms with Gasteiger partial charge in [-0.05, 0) is 56.9 Å². The van der Waals surface area contributed by atoms with Gasteiger partial charge in [-0.1, -0.05) is 29.8 Å². The van der Waals surface area contributed by atoms with Gasteiger partial charge in [-0.3, -0.25) is 4.79 Å². The number of nitrogens with zero attached hydrogens (tertiary/aromatic N) is 1. The van der Waals surface area contributed by atoms with Crippen molar-refractivity contribution in [2.75, 3.05) is 23.3 Å². The van der Waals surface area contributed by atoms with Gasteiger partial charge in [0.15, 0.2) is 0 Å². The van der Waals surface area contributed by atoms with E-state index in [1.165, 1.54) is 24.8 Å². The van der Waals surface area contributed by atoms with Crippen LogP contribution in [0.15, 0.2) is 42.5 Å². The smallest absolute Gasteiger partial charge is 0.255 e. The summed E-state index contributed by atoms with van der Waals surface area (Å²) in [5.41, 5.74) is 4.96. The fourth-order valence-electron chi connectivity index (χ4n) is 3.25. The van der Waals surface area contributed by atoms with Crippen molar-refractivity contribution in [3.8, 4) is 0 Å². The standard InChI is InChI=1S/C20H24N2O/c1-15-10-11-17(16(2)14-15)20(23)21-18-8-4-5-9-19(18)22-12-6-3-7-13-22/h4-5,8-11,14H,3,6-7,12-13H2,1-2H3,(H,21,23). The predicted molar refractivity (Wildman–Crippen MR) is 96.4 cm³/mol. The lowest BCUT2D eigenvalue weighted by molar-refractivity contribution is 0.102. The summed E-state index contributed by atoms with van der Waals surface area (Å²) in [5, 5.41) is 3.10. The maximum Gasteiger partial charge on any atom is 0.255 e. The zero-order valence-corrected chi connectivity index (χ0v) is 13.9. The first-order chi connectivity index (χ1) is 11.1. The fraction of sp³-hybridized carbons (Fsp3) is 0.350. The van der Waals surface area contributed by atoms with E-state index in [1.807, 2.05) is 50.2 Å². The molecule has 1 fully saturated rings. The highest BCUT2D eigenvalue weighted by molar-refractivity contribution is 6.06. The minimum Gasteiger partial charge on any atom is -0.370 e. The number of amides is 1. The van der Waals surface area contributed by atoms with Crippen LogP contribution in [0.1, 0.15) is 40.7 Å². The highest BCUT2D eigenvalue weighted by Crippen LogP contribution is 2.28. The van der Waals surface area contributed by atoms with Crippen molar-refractivity contribution in [3.63, 3.8) is 0 Å². The molecule has 0 unspecified atom stereocenters. The van der Waals surface area contributed by atoms with Gasteiger partial charge in [0.1, 0.15) is 0 Å². The lowest BCUT2D eigenvalue weighted by atomic mass is 10.0. The molecule has 1 heterocycles. The Morgan fingerprint density at radius 3 is 2.48 bits per heavy atom. The first-order valence-electron chi connectivity index (χ1n) is 8.38. The number of carbonyl (C=O) groups excluding carboxylic acids is 1. The van der Waals surface area contributed by atoms with Crippen LogP contribution < -0.4 is 10.2 Å². The number of aryl methyl sites for hydroxylation is 2. The highest BCUT2D eigenvalue weighted by Gasteiger charge is 2.16. The van der Waals surface area contributed by atoms with Crippen molar-refractivity contribution in [1.82, 2.24) is 0 Å². The molecule has 1 aliphatic heterocycles. The molecule has 3 rings (SSSR count). The van der Waals surface area contributed by atoms with E-state index in [-0.39, 0.29) is 5.91 Å². The Kier molecular flexibility index (Phi) is 4.65. The Morgan fingerprint density at radius 2 is 1.74 bits per heavy atom. The summed E-state index contributed by atoms with van der Waals surface area (Å²) in [6, 6.07) is 14.0. The molecule has 1 saturated heterocycles. The SMILES string of the molecule is Cc1ccc(C(=O)Nc2ccccc2N2CCCCC2)c(C)c1. The van der Waals surface area contributed by atoms with Crippen LogP contribution in [-0.2, 0) is 0 Å². The molecule has 3 heteroatoms. The third-order valence-electron chi connectivity index (χ3n) is 4.48. The molecule has 0 saturated carbocycles. The van der Waals surface area contributed by atoms with Gasteiger partial charge >= 0.3 is 0 Å². The number of benzene rings is 2. The number of para-hydroxylation sites is 2. The van der Waals surface area contributed by atoms with E-state index in [0.717, 1.165) is 35.6 Å². The normalized spacial score (nSPS) is 14.6. The summed E-state index contributed by atoms with van der Waals surface area (Å²) in [6.07, 6.45) is 3.74. The number of carbonyl (C=O) groups is 1. The van der Waals surface area contributed by atoms with Crippen LogP contribution in [0.2, 0.25) is 0 Å². The molecule has 0 spiro atoms. The minimum absolute atomic E-state index is 0.0352. The van der Waals surface area contributed by atoms with E-state index in [0.29, 0.717) is 0 Å². The zero-order valence-electron chi connectivity index (χ0n) is 13.9. The topological polar surface area (TPSA) is 32.3 Å².